The van der Waals surface area contributed by atoms with E-state index in [-0.39, 0.29) is 11.9 Å². The maximum absolute atomic E-state index is 13.4. The Bertz CT molecular complexity index is 356. The highest BCUT2D eigenvalue weighted by Crippen LogP contribution is 2.22. The molecule has 1 fully saturated rings. The van der Waals surface area contributed by atoms with Crippen LogP contribution in [-0.2, 0) is 0 Å². The number of nitrogens with one attached hydrogen (secondary N) is 1. The molecule has 2 heteroatoms. The SMILES string of the molecule is Cc1ccc(C(C)NC2CCCC2)cc1F. The highest BCUT2D eigenvalue weighted by Gasteiger charge is 2.17. The van der Waals surface area contributed by atoms with E-state index in [1.807, 2.05) is 12.1 Å². The number of benzene rings is 1. The van der Waals surface area contributed by atoms with Gasteiger partial charge in [0.2, 0.25) is 0 Å². The zero-order chi connectivity index (χ0) is 11.5. The van der Waals surface area contributed by atoms with Crippen LogP contribution in [0.2, 0.25) is 0 Å². The molecule has 0 amide bonds. The van der Waals surface area contributed by atoms with Crippen molar-refractivity contribution in [1.82, 2.24) is 5.32 Å². The van der Waals surface area contributed by atoms with Crippen molar-refractivity contribution in [1.29, 1.82) is 0 Å². The Balaban J connectivity index is 2.02. The van der Waals surface area contributed by atoms with Crippen molar-refractivity contribution >= 4 is 0 Å². The topological polar surface area (TPSA) is 12.0 Å². The molecular formula is C14H20FN. The third-order valence-electron chi connectivity index (χ3n) is 3.54. The largest absolute Gasteiger partial charge is 0.307 e. The zero-order valence-corrected chi connectivity index (χ0v) is 10.1. The van der Waals surface area contributed by atoms with Crippen molar-refractivity contribution in [2.45, 2.75) is 51.6 Å². The minimum Gasteiger partial charge on any atom is -0.307 e. The smallest absolute Gasteiger partial charge is 0.126 e. The van der Waals surface area contributed by atoms with Crippen molar-refractivity contribution < 1.29 is 4.39 Å². The van der Waals surface area contributed by atoms with Crippen LogP contribution in [0.5, 0.6) is 0 Å². The first kappa shape index (κ1) is 11.6. The van der Waals surface area contributed by atoms with Crippen LogP contribution >= 0.6 is 0 Å². The molecule has 1 nitrogen and oxygen atoms in total. The highest BCUT2D eigenvalue weighted by molar-refractivity contribution is 5.25. The lowest BCUT2D eigenvalue weighted by Gasteiger charge is -2.19. The summed E-state index contributed by atoms with van der Waals surface area (Å²) in [6.45, 7) is 3.91. The van der Waals surface area contributed by atoms with Crippen molar-refractivity contribution in [3.63, 3.8) is 0 Å². The molecule has 1 aliphatic carbocycles. The van der Waals surface area contributed by atoms with Gasteiger partial charge in [-0.2, -0.15) is 0 Å². The molecule has 1 N–H and O–H groups in total. The predicted molar refractivity (Wildman–Crippen MR) is 64.9 cm³/mol. The van der Waals surface area contributed by atoms with E-state index in [4.69, 9.17) is 0 Å². The van der Waals surface area contributed by atoms with E-state index in [1.54, 1.807) is 13.0 Å². The molecule has 0 heterocycles. The molecule has 1 unspecified atom stereocenters. The van der Waals surface area contributed by atoms with Gasteiger partial charge < -0.3 is 5.32 Å². The molecule has 0 saturated heterocycles. The molecule has 0 aromatic heterocycles. The molecular weight excluding hydrogens is 201 g/mol. The summed E-state index contributed by atoms with van der Waals surface area (Å²) in [6, 6.07) is 6.40. The number of hydrogen-bond donors (Lipinski definition) is 1. The van der Waals surface area contributed by atoms with Gasteiger partial charge in [0.05, 0.1) is 0 Å². The van der Waals surface area contributed by atoms with Crippen LogP contribution in [0.1, 0.15) is 49.8 Å². The molecule has 0 spiro atoms. The molecule has 1 saturated carbocycles. The van der Waals surface area contributed by atoms with Crippen molar-refractivity contribution in [3.05, 3.63) is 35.1 Å². The fourth-order valence-electron chi connectivity index (χ4n) is 2.42. The van der Waals surface area contributed by atoms with E-state index >= 15 is 0 Å². The molecule has 2 rings (SSSR count). The van der Waals surface area contributed by atoms with Crippen LogP contribution in [0.4, 0.5) is 4.39 Å². The van der Waals surface area contributed by atoms with Gasteiger partial charge in [-0.15, -0.1) is 0 Å². The van der Waals surface area contributed by atoms with E-state index in [0.717, 1.165) is 11.1 Å². The Morgan fingerprint density at radius 2 is 2.00 bits per heavy atom. The zero-order valence-electron chi connectivity index (χ0n) is 10.1. The van der Waals surface area contributed by atoms with Gasteiger partial charge in [-0.1, -0.05) is 25.0 Å². The molecule has 1 aromatic carbocycles. The second-order valence-electron chi connectivity index (χ2n) is 4.88. The Labute approximate surface area is 97.1 Å². The Hall–Kier alpha value is -0.890. The van der Waals surface area contributed by atoms with E-state index in [1.165, 1.54) is 25.7 Å². The molecule has 1 aliphatic rings. The lowest BCUT2D eigenvalue weighted by molar-refractivity contribution is 0.459. The van der Waals surface area contributed by atoms with Gasteiger partial charge >= 0.3 is 0 Å². The van der Waals surface area contributed by atoms with E-state index < -0.39 is 0 Å². The van der Waals surface area contributed by atoms with Gasteiger partial charge in [0, 0.05) is 12.1 Å². The second-order valence-corrected chi connectivity index (χ2v) is 4.88. The van der Waals surface area contributed by atoms with E-state index in [2.05, 4.69) is 12.2 Å². The Morgan fingerprint density at radius 3 is 2.62 bits per heavy atom. The van der Waals surface area contributed by atoms with Crippen LogP contribution in [0.3, 0.4) is 0 Å². The summed E-state index contributed by atoms with van der Waals surface area (Å²) < 4.78 is 13.4. The fourth-order valence-corrected chi connectivity index (χ4v) is 2.42. The van der Waals surface area contributed by atoms with Crippen LogP contribution < -0.4 is 5.32 Å². The molecule has 0 aliphatic heterocycles. The number of aryl methyl sites for hydroxylation is 1. The second kappa shape index (κ2) is 4.96. The summed E-state index contributed by atoms with van der Waals surface area (Å²) in [5, 5.41) is 3.58. The molecule has 16 heavy (non-hydrogen) atoms. The van der Waals surface area contributed by atoms with Crippen LogP contribution in [0.25, 0.3) is 0 Å². The van der Waals surface area contributed by atoms with Gasteiger partial charge in [0.25, 0.3) is 0 Å². The summed E-state index contributed by atoms with van der Waals surface area (Å²) >= 11 is 0. The third-order valence-corrected chi connectivity index (χ3v) is 3.54. The normalized spacial score (nSPS) is 18.9. The molecule has 1 aromatic rings. The number of hydrogen-bond acceptors (Lipinski definition) is 1. The number of rotatable bonds is 3. The van der Waals surface area contributed by atoms with Crippen LogP contribution in [0, 0.1) is 12.7 Å². The first-order chi connectivity index (χ1) is 7.66. The van der Waals surface area contributed by atoms with Crippen LogP contribution in [0.15, 0.2) is 18.2 Å². The summed E-state index contributed by atoms with van der Waals surface area (Å²) in [6.07, 6.45) is 5.18. The average Bonchev–Trinajstić information content (AvgIpc) is 2.74. The Kier molecular flexibility index (Phi) is 3.59. The lowest BCUT2D eigenvalue weighted by Crippen LogP contribution is -2.28. The van der Waals surface area contributed by atoms with Gasteiger partial charge in [0.15, 0.2) is 0 Å². The third kappa shape index (κ3) is 2.62. The van der Waals surface area contributed by atoms with Crippen molar-refractivity contribution in [3.8, 4) is 0 Å². The average molecular weight is 221 g/mol. The quantitative estimate of drug-likeness (QED) is 0.820. The minimum absolute atomic E-state index is 0.0995. The van der Waals surface area contributed by atoms with E-state index in [0.29, 0.717) is 6.04 Å². The van der Waals surface area contributed by atoms with Gasteiger partial charge in [-0.25, -0.2) is 4.39 Å². The molecule has 88 valence electrons. The maximum Gasteiger partial charge on any atom is 0.126 e. The maximum atomic E-state index is 13.4. The molecule has 1 atom stereocenters. The van der Waals surface area contributed by atoms with Crippen LogP contribution in [-0.4, -0.2) is 6.04 Å². The van der Waals surface area contributed by atoms with E-state index in [9.17, 15) is 4.39 Å². The highest BCUT2D eigenvalue weighted by atomic mass is 19.1. The molecule has 0 radical (unpaired) electrons. The van der Waals surface area contributed by atoms with Gasteiger partial charge in [0.1, 0.15) is 5.82 Å². The van der Waals surface area contributed by atoms with Gasteiger partial charge in [-0.3, -0.25) is 0 Å². The standard InChI is InChI=1S/C14H20FN/c1-10-7-8-12(9-14(10)15)11(2)16-13-5-3-4-6-13/h7-9,11,13,16H,3-6H2,1-2H3. The first-order valence-corrected chi connectivity index (χ1v) is 6.19. The lowest BCUT2D eigenvalue weighted by atomic mass is 10.0. The summed E-state index contributed by atoms with van der Waals surface area (Å²) in [5.41, 5.74) is 1.77. The Morgan fingerprint density at radius 1 is 1.31 bits per heavy atom. The summed E-state index contributed by atoms with van der Waals surface area (Å²) in [4.78, 5) is 0. The first-order valence-electron chi connectivity index (χ1n) is 6.19. The fraction of sp³-hybridized carbons (Fsp3) is 0.571. The summed E-state index contributed by atoms with van der Waals surface area (Å²) in [7, 11) is 0. The van der Waals surface area contributed by atoms with Gasteiger partial charge in [-0.05, 0) is 43.9 Å². The monoisotopic (exact) mass is 221 g/mol. The number of halogens is 1. The summed E-state index contributed by atoms with van der Waals surface area (Å²) in [5.74, 6) is -0.0995. The predicted octanol–water partition coefficient (Wildman–Crippen LogP) is 3.73. The minimum atomic E-state index is -0.0995. The van der Waals surface area contributed by atoms with Crippen molar-refractivity contribution in [2.75, 3.05) is 0 Å². The molecule has 0 bridgehead atoms. The van der Waals surface area contributed by atoms with Crippen molar-refractivity contribution in [2.24, 2.45) is 0 Å².